The van der Waals surface area contributed by atoms with Crippen LogP contribution < -0.4 is 0 Å². The topological polar surface area (TPSA) is 36.9 Å². The van der Waals surface area contributed by atoms with E-state index in [4.69, 9.17) is 17.1 Å². The van der Waals surface area contributed by atoms with Crippen molar-refractivity contribution in [2.45, 2.75) is 85.9 Å². The largest absolute Gasteiger partial charge is 0.497 e. The van der Waals surface area contributed by atoms with Gasteiger partial charge in [0, 0.05) is 6.42 Å². The highest BCUT2D eigenvalue weighted by Gasteiger charge is 2.47. The van der Waals surface area contributed by atoms with Gasteiger partial charge in [0.1, 0.15) is 6.23 Å². The Balaban J connectivity index is 5.63. The quantitative estimate of drug-likeness (QED) is 0.213. The van der Waals surface area contributed by atoms with Crippen molar-refractivity contribution in [3.05, 3.63) is 35.9 Å². The zero-order valence-electron chi connectivity index (χ0n) is 20.1. The maximum atomic E-state index is 6.75. The monoisotopic (exact) mass is 460 g/mol. The van der Waals surface area contributed by atoms with Gasteiger partial charge in [-0.15, -0.1) is 13.2 Å². The van der Waals surface area contributed by atoms with E-state index in [0.29, 0.717) is 6.23 Å². The molecule has 0 N–H and O–H groups in total. The lowest BCUT2D eigenvalue weighted by atomic mass is 10.4. The summed E-state index contributed by atoms with van der Waals surface area (Å²) in [5.41, 5.74) is 0. The molecule has 8 heteroatoms. The van der Waals surface area contributed by atoms with Crippen LogP contribution in [0.1, 0.15) is 40.0 Å². The van der Waals surface area contributed by atoms with E-state index in [2.05, 4.69) is 79.4 Å². The van der Waals surface area contributed by atoms with E-state index in [1.807, 2.05) is 6.92 Å². The van der Waals surface area contributed by atoms with E-state index in [1.54, 1.807) is 0 Å². The molecule has 4 nitrogen and oxygen atoms in total. The van der Waals surface area contributed by atoms with E-state index in [9.17, 15) is 0 Å². The highest BCUT2D eigenvalue weighted by atomic mass is 28.5. The van der Waals surface area contributed by atoms with Crippen LogP contribution in [0, 0.1) is 0 Å². The van der Waals surface area contributed by atoms with Gasteiger partial charge in [-0.2, -0.15) is 0 Å². The fraction of sp³-hybridized carbons (Fsp3) is 0.700. The van der Waals surface area contributed by atoms with Crippen LogP contribution in [0.25, 0.3) is 0 Å². The predicted octanol–water partition coefficient (Wildman–Crippen LogP) is 6.71. The lowest BCUT2D eigenvalue weighted by Crippen LogP contribution is -2.60. The minimum atomic E-state index is -2.68. The number of rotatable bonds is 14. The minimum absolute atomic E-state index is 0.420. The molecule has 164 valence electrons. The van der Waals surface area contributed by atoms with Gasteiger partial charge in [-0.05, 0) is 58.7 Å². The summed E-state index contributed by atoms with van der Waals surface area (Å²) in [5.74, 6) is 0.758. The summed E-state index contributed by atoms with van der Waals surface area (Å²) >= 11 is 0. The summed E-state index contributed by atoms with van der Waals surface area (Å²) in [4.78, 5) is 0. The summed E-state index contributed by atoms with van der Waals surface area (Å²) in [6, 6.07) is 0. The molecule has 0 aliphatic carbocycles. The molecule has 0 heterocycles. The molecule has 1 atom stereocenters. The van der Waals surface area contributed by atoms with Crippen LogP contribution >= 0.6 is 0 Å². The zero-order valence-corrected chi connectivity index (χ0v) is 24.1. The zero-order chi connectivity index (χ0) is 22.4. The standard InChI is InChI=1S/C20H44O4Si4/c1-14-18(4)21-17-28(13,23-26(9,10)20(6)16-3)24-27(11,12)22-25(7,8)19(5)15-2/h4-6,14-17H2,1-3,7-13H3. The molecule has 0 bridgehead atoms. The van der Waals surface area contributed by atoms with Crippen molar-refractivity contribution in [2.24, 2.45) is 0 Å². The van der Waals surface area contributed by atoms with Gasteiger partial charge in [0.15, 0.2) is 0 Å². The summed E-state index contributed by atoms with van der Waals surface area (Å²) in [7, 11) is -9.29. The lowest BCUT2D eigenvalue weighted by Gasteiger charge is -2.43. The van der Waals surface area contributed by atoms with Crippen LogP contribution in [-0.2, 0) is 17.1 Å². The number of allylic oxidation sites excluding steroid dienone is 3. The third-order valence-electron chi connectivity index (χ3n) is 4.92. The van der Waals surface area contributed by atoms with Crippen molar-refractivity contribution in [1.29, 1.82) is 0 Å². The second kappa shape index (κ2) is 10.7. The Morgan fingerprint density at radius 1 is 0.643 bits per heavy atom. The minimum Gasteiger partial charge on any atom is -0.497 e. The van der Waals surface area contributed by atoms with E-state index in [1.165, 1.54) is 10.4 Å². The van der Waals surface area contributed by atoms with Crippen LogP contribution in [-0.4, -0.2) is 40.0 Å². The van der Waals surface area contributed by atoms with E-state index < -0.39 is 33.8 Å². The van der Waals surface area contributed by atoms with Gasteiger partial charge in [-0.25, -0.2) is 0 Å². The normalized spacial score (nSPS) is 15.1. The second-order valence-electron chi connectivity index (χ2n) is 8.96. The van der Waals surface area contributed by atoms with E-state index >= 15 is 0 Å². The third kappa shape index (κ3) is 9.06. The molecule has 0 fully saturated rings. The molecule has 28 heavy (non-hydrogen) atoms. The van der Waals surface area contributed by atoms with Crippen LogP contribution in [0.5, 0.6) is 0 Å². The molecule has 0 aromatic rings. The Bertz CT molecular complexity index is 573. The molecule has 0 spiro atoms. The Labute approximate surface area is 178 Å². The Morgan fingerprint density at radius 3 is 1.46 bits per heavy atom. The fourth-order valence-corrected chi connectivity index (χ4v) is 21.4. The second-order valence-corrected chi connectivity index (χ2v) is 24.2. The van der Waals surface area contributed by atoms with Gasteiger partial charge in [-0.3, -0.25) is 0 Å². The molecule has 0 radical (unpaired) electrons. The predicted molar refractivity (Wildman–Crippen MR) is 132 cm³/mol. The fourth-order valence-electron chi connectivity index (χ4n) is 3.11. The Kier molecular flexibility index (Phi) is 10.6. The Hall–Kier alpha value is -0.232. The molecule has 0 aliphatic heterocycles. The van der Waals surface area contributed by atoms with E-state index in [-0.39, 0.29) is 0 Å². The van der Waals surface area contributed by atoms with Crippen molar-refractivity contribution >= 4 is 33.8 Å². The molecule has 0 saturated heterocycles. The first kappa shape index (κ1) is 27.8. The van der Waals surface area contributed by atoms with E-state index in [0.717, 1.165) is 25.0 Å². The SMILES string of the molecule is C=C(CC)OC[Si](C)(O[Si](C)(C)O[Si](C)(C)C(=C)CC)O[Si](C)(C)C(=C)CC. The molecule has 0 rings (SSSR count). The van der Waals surface area contributed by atoms with Crippen LogP contribution in [0.4, 0.5) is 0 Å². The van der Waals surface area contributed by atoms with Gasteiger partial charge in [-0.1, -0.05) is 37.7 Å². The molecule has 0 aromatic carbocycles. The molecular formula is C20H44O4Si4. The van der Waals surface area contributed by atoms with Crippen molar-refractivity contribution in [2.75, 3.05) is 6.23 Å². The first-order valence-corrected chi connectivity index (χ1v) is 21.5. The Morgan fingerprint density at radius 2 is 1.07 bits per heavy atom. The average Bonchev–Trinajstić information content (AvgIpc) is 2.55. The van der Waals surface area contributed by atoms with Gasteiger partial charge < -0.3 is 17.1 Å². The lowest BCUT2D eigenvalue weighted by molar-refractivity contribution is 0.206. The molecule has 0 aliphatic rings. The molecule has 0 amide bonds. The van der Waals surface area contributed by atoms with Gasteiger partial charge >= 0.3 is 17.1 Å². The average molecular weight is 461 g/mol. The van der Waals surface area contributed by atoms with Gasteiger partial charge in [0.05, 0.1) is 5.76 Å². The van der Waals surface area contributed by atoms with Crippen LogP contribution in [0.3, 0.4) is 0 Å². The van der Waals surface area contributed by atoms with Crippen LogP contribution in [0.2, 0.25) is 45.8 Å². The van der Waals surface area contributed by atoms with Crippen molar-refractivity contribution < 1.29 is 17.1 Å². The smallest absolute Gasteiger partial charge is 0.355 e. The van der Waals surface area contributed by atoms with Crippen LogP contribution in [0.15, 0.2) is 35.9 Å². The van der Waals surface area contributed by atoms with Crippen molar-refractivity contribution in [3.63, 3.8) is 0 Å². The number of hydrogen-bond acceptors (Lipinski definition) is 4. The summed E-state index contributed by atoms with van der Waals surface area (Å²) in [6.45, 7) is 33.8. The maximum absolute atomic E-state index is 6.75. The summed E-state index contributed by atoms with van der Waals surface area (Å²) < 4.78 is 26.0. The summed E-state index contributed by atoms with van der Waals surface area (Å²) in [5, 5.41) is 2.38. The molecule has 0 aromatic heterocycles. The summed E-state index contributed by atoms with van der Waals surface area (Å²) in [6.07, 6.45) is 3.05. The highest BCUT2D eigenvalue weighted by molar-refractivity contribution is 6.92. The van der Waals surface area contributed by atoms with Crippen molar-refractivity contribution in [3.8, 4) is 0 Å². The first-order valence-electron chi connectivity index (χ1n) is 10.3. The number of ether oxygens (including phenoxy) is 1. The first-order chi connectivity index (χ1) is 12.5. The molecule has 0 saturated carbocycles. The van der Waals surface area contributed by atoms with Crippen molar-refractivity contribution in [1.82, 2.24) is 0 Å². The highest BCUT2D eigenvalue weighted by Crippen LogP contribution is 2.29. The number of hydrogen-bond donors (Lipinski definition) is 0. The maximum Gasteiger partial charge on any atom is 0.355 e. The third-order valence-corrected chi connectivity index (χ3v) is 21.2. The molecule has 1 unspecified atom stereocenters. The van der Waals surface area contributed by atoms with Gasteiger partial charge in [0.25, 0.3) is 0 Å². The van der Waals surface area contributed by atoms with Gasteiger partial charge in [0.2, 0.25) is 16.6 Å². The molecular weight excluding hydrogens is 417 g/mol.